The first-order valence-electron chi connectivity index (χ1n) is 7.28. The van der Waals surface area contributed by atoms with Gasteiger partial charge >= 0.3 is 0 Å². The number of unbranched alkanes of at least 4 members (excludes halogenated alkanes) is 3. The summed E-state index contributed by atoms with van der Waals surface area (Å²) in [6, 6.07) is 4.62. The number of nitrogens with two attached hydrogens (primary N) is 1. The molecule has 0 aromatic heterocycles. The van der Waals surface area contributed by atoms with Crippen molar-refractivity contribution in [1.29, 1.82) is 0 Å². The largest absolute Gasteiger partial charge is 0.398 e. The monoisotopic (exact) mass is 279 g/mol. The Hall–Kier alpha value is -1.78. The molecule has 0 spiro atoms. The molecule has 0 radical (unpaired) electrons. The summed E-state index contributed by atoms with van der Waals surface area (Å²) in [5.74, 6) is 0.779. The van der Waals surface area contributed by atoms with Crippen LogP contribution >= 0.6 is 0 Å². The van der Waals surface area contributed by atoms with Crippen molar-refractivity contribution in [2.75, 3.05) is 17.6 Å². The van der Waals surface area contributed by atoms with Gasteiger partial charge in [-0.2, -0.15) is 0 Å². The highest BCUT2D eigenvalue weighted by molar-refractivity contribution is 5.61. The number of nitrogen functional groups attached to an aromatic ring is 1. The summed E-state index contributed by atoms with van der Waals surface area (Å²) in [5, 5.41) is 13.9. The van der Waals surface area contributed by atoms with Crippen molar-refractivity contribution in [3.05, 3.63) is 28.3 Å². The maximum Gasteiger partial charge on any atom is 0.273 e. The number of rotatable bonds is 9. The predicted octanol–water partition coefficient (Wildman–Crippen LogP) is 4.20. The third-order valence-corrected chi connectivity index (χ3v) is 3.19. The van der Waals surface area contributed by atoms with Gasteiger partial charge in [-0.1, -0.05) is 39.5 Å². The first-order valence-corrected chi connectivity index (χ1v) is 7.28. The molecule has 1 aromatic rings. The fourth-order valence-corrected chi connectivity index (χ4v) is 2.11. The molecule has 5 heteroatoms. The molecule has 0 amide bonds. The second kappa shape index (κ2) is 8.40. The first-order chi connectivity index (χ1) is 9.49. The molecule has 0 bridgehead atoms. The number of anilines is 2. The topological polar surface area (TPSA) is 81.2 Å². The quantitative estimate of drug-likeness (QED) is 0.307. The van der Waals surface area contributed by atoms with Crippen LogP contribution < -0.4 is 11.1 Å². The molecule has 5 nitrogen and oxygen atoms in total. The lowest BCUT2D eigenvalue weighted by Crippen LogP contribution is -2.03. The maximum atomic E-state index is 10.7. The molecule has 0 fully saturated rings. The smallest absolute Gasteiger partial charge is 0.273 e. The van der Waals surface area contributed by atoms with Crippen molar-refractivity contribution in [1.82, 2.24) is 0 Å². The molecular formula is C15H25N3O2. The van der Waals surface area contributed by atoms with Gasteiger partial charge in [0.2, 0.25) is 0 Å². The minimum Gasteiger partial charge on any atom is -0.398 e. The van der Waals surface area contributed by atoms with E-state index in [0.29, 0.717) is 5.69 Å². The van der Waals surface area contributed by atoms with Crippen molar-refractivity contribution in [3.8, 4) is 0 Å². The van der Waals surface area contributed by atoms with Crippen molar-refractivity contribution >= 4 is 17.1 Å². The van der Waals surface area contributed by atoms with Gasteiger partial charge in [0.15, 0.2) is 0 Å². The Labute approximate surface area is 120 Å². The zero-order valence-corrected chi connectivity index (χ0v) is 12.4. The Morgan fingerprint density at radius 2 is 1.90 bits per heavy atom. The van der Waals surface area contributed by atoms with Crippen LogP contribution in [0.3, 0.4) is 0 Å². The van der Waals surface area contributed by atoms with Gasteiger partial charge in [-0.15, -0.1) is 0 Å². The fourth-order valence-electron chi connectivity index (χ4n) is 2.11. The van der Waals surface area contributed by atoms with E-state index in [1.807, 2.05) is 0 Å². The third kappa shape index (κ3) is 6.41. The minimum atomic E-state index is -0.423. The number of nitrogens with one attached hydrogen (secondary N) is 1. The SMILES string of the molecule is CC(C)CCCCCCNc1cc(N)cc([N+](=O)[O-])c1. The summed E-state index contributed by atoms with van der Waals surface area (Å²) in [6.45, 7) is 5.31. The zero-order valence-electron chi connectivity index (χ0n) is 12.4. The van der Waals surface area contributed by atoms with Gasteiger partial charge in [0.1, 0.15) is 0 Å². The molecule has 3 N–H and O–H groups in total. The van der Waals surface area contributed by atoms with Crippen molar-refractivity contribution in [2.45, 2.75) is 46.0 Å². The second-order valence-corrected chi connectivity index (χ2v) is 5.59. The van der Waals surface area contributed by atoms with Crippen LogP contribution in [0.25, 0.3) is 0 Å². The van der Waals surface area contributed by atoms with Crippen LogP contribution in [0.5, 0.6) is 0 Å². The Kier molecular flexibility index (Phi) is 6.84. The van der Waals surface area contributed by atoms with Crippen LogP contribution in [-0.2, 0) is 0 Å². The molecule has 0 unspecified atom stereocenters. The maximum absolute atomic E-state index is 10.7. The first kappa shape index (κ1) is 16.3. The summed E-state index contributed by atoms with van der Waals surface area (Å²) in [6.07, 6.45) is 6.07. The second-order valence-electron chi connectivity index (χ2n) is 5.59. The molecule has 1 aromatic carbocycles. The molecule has 0 aliphatic heterocycles. The van der Waals surface area contributed by atoms with Crippen LogP contribution in [0.15, 0.2) is 18.2 Å². The van der Waals surface area contributed by atoms with Crippen molar-refractivity contribution in [3.63, 3.8) is 0 Å². The van der Waals surface area contributed by atoms with Crippen LogP contribution in [0, 0.1) is 16.0 Å². The molecule has 0 saturated carbocycles. The normalized spacial score (nSPS) is 10.8. The number of nitro benzene ring substituents is 1. The highest BCUT2D eigenvalue weighted by Crippen LogP contribution is 2.22. The average Bonchev–Trinajstić information content (AvgIpc) is 2.36. The Bertz CT molecular complexity index is 433. The van der Waals surface area contributed by atoms with Crippen LogP contribution in [0.4, 0.5) is 17.1 Å². The van der Waals surface area contributed by atoms with Crippen LogP contribution in [0.2, 0.25) is 0 Å². The standard InChI is InChI=1S/C15H25N3O2/c1-12(2)7-5-3-4-6-8-17-14-9-13(16)10-15(11-14)18(19)20/h9-12,17H,3-8,16H2,1-2H3. The summed E-state index contributed by atoms with van der Waals surface area (Å²) in [5.41, 5.74) is 6.82. The molecule has 1 rings (SSSR count). The highest BCUT2D eigenvalue weighted by Gasteiger charge is 2.07. The lowest BCUT2D eigenvalue weighted by atomic mass is 10.0. The molecule has 0 atom stereocenters. The number of hydrogen-bond acceptors (Lipinski definition) is 4. The number of hydrogen-bond donors (Lipinski definition) is 2. The molecular weight excluding hydrogens is 254 g/mol. The van der Waals surface area contributed by atoms with Gasteiger partial charge in [-0.25, -0.2) is 0 Å². The van der Waals surface area contributed by atoms with E-state index >= 15 is 0 Å². The average molecular weight is 279 g/mol. The molecule has 20 heavy (non-hydrogen) atoms. The number of benzene rings is 1. The van der Waals surface area contributed by atoms with E-state index < -0.39 is 4.92 Å². The lowest BCUT2D eigenvalue weighted by molar-refractivity contribution is -0.384. The Morgan fingerprint density at radius 1 is 1.20 bits per heavy atom. The van der Waals surface area contributed by atoms with Crippen LogP contribution in [0.1, 0.15) is 46.0 Å². The van der Waals surface area contributed by atoms with E-state index in [0.717, 1.165) is 24.6 Å². The lowest BCUT2D eigenvalue weighted by Gasteiger charge is -2.08. The summed E-state index contributed by atoms with van der Waals surface area (Å²) in [4.78, 5) is 10.3. The van der Waals surface area contributed by atoms with E-state index in [2.05, 4.69) is 19.2 Å². The van der Waals surface area contributed by atoms with E-state index in [-0.39, 0.29) is 5.69 Å². The van der Waals surface area contributed by atoms with Gasteiger partial charge in [0.05, 0.1) is 4.92 Å². The Morgan fingerprint density at radius 3 is 2.55 bits per heavy atom. The van der Waals surface area contributed by atoms with Gasteiger partial charge in [0.25, 0.3) is 5.69 Å². The molecule has 0 heterocycles. The van der Waals surface area contributed by atoms with Crippen molar-refractivity contribution in [2.24, 2.45) is 5.92 Å². The number of nitro groups is 1. The molecule has 112 valence electrons. The van der Waals surface area contributed by atoms with Crippen molar-refractivity contribution < 1.29 is 4.92 Å². The third-order valence-electron chi connectivity index (χ3n) is 3.19. The van der Waals surface area contributed by atoms with E-state index in [4.69, 9.17) is 5.73 Å². The molecule has 0 aliphatic rings. The molecule has 0 aliphatic carbocycles. The van der Waals surface area contributed by atoms with E-state index in [1.165, 1.54) is 37.8 Å². The fraction of sp³-hybridized carbons (Fsp3) is 0.600. The van der Waals surface area contributed by atoms with Gasteiger partial charge in [-0.05, 0) is 18.4 Å². The van der Waals surface area contributed by atoms with Gasteiger partial charge in [0, 0.05) is 30.1 Å². The van der Waals surface area contributed by atoms with Crippen LogP contribution in [-0.4, -0.2) is 11.5 Å². The minimum absolute atomic E-state index is 0.0319. The highest BCUT2D eigenvalue weighted by atomic mass is 16.6. The molecule has 0 saturated heterocycles. The summed E-state index contributed by atoms with van der Waals surface area (Å²) >= 11 is 0. The van der Waals surface area contributed by atoms with Gasteiger partial charge in [-0.3, -0.25) is 10.1 Å². The summed E-state index contributed by atoms with van der Waals surface area (Å²) in [7, 11) is 0. The van der Waals surface area contributed by atoms with E-state index in [9.17, 15) is 10.1 Å². The Balaban J connectivity index is 2.27. The summed E-state index contributed by atoms with van der Waals surface area (Å²) < 4.78 is 0. The number of nitrogens with zero attached hydrogens (tertiary/aromatic N) is 1. The zero-order chi connectivity index (χ0) is 15.0. The number of non-ortho nitro benzene ring substituents is 1. The predicted molar refractivity (Wildman–Crippen MR) is 83.9 cm³/mol. The van der Waals surface area contributed by atoms with E-state index in [1.54, 1.807) is 6.07 Å². The van der Waals surface area contributed by atoms with Gasteiger partial charge < -0.3 is 11.1 Å².